The van der Waals surface area contributed by atoms with Crippen molar-refractivity contribution in [2.75, 3.05) is 0 Å². The first-order valence-electron chi connectivity index (χ1n) is 7.04. The highest BCUT2D eigenvalue weighted by atomic mass is 32.2. The summed E-state index contributed by atoms with van der Waals surface area (Å²) in [6, 6.07) is 8.58. The molecule has 3 nitrogen and oxygen atoms in total. The lowest BCUT2D eigenvalue weighted by atomic mass is 9.91. The molecule has 3 unspecified atom stereocenters. The molecule has 0 radical (unpaired) electrons. The van der Waals surface area contributed by atoms with Gasteiger partial charge in [-0.05, 0) is 30.9 Å². The molecular formula is C15H20N2OS. The molecule has 0 saturated heterocycles. The molecule has 1 heterocycles. The van der Waals surface area contributed by atoms with Crippen LogP contribution in [0.25, 0.3) is 0 Å². The second kappa shape index (κ2) is 5.55. The standard InChI is InChI=1S/C15H20N2OS/c16-11-6-2-3-7-12(11)17-15(18)14-9-10-5-1-4-8-13(10)19-14/h1,4-5,8,11-12,14H,2-3,6-7,9,16H2,(H,17,18). The number of nitrogens with one attached hydrogen (secondary N) is 1. The molecule has 0 bridgehead atoms. The van der Waals surface area contributed by atoms with Gasteiger partial charge in [0.15, 0.2) is 0 Å². The minimum Gasteiger partial charge on any atom is -0.351 e. The number of carbonyl (C=O) groups excluding carboxylic acids is 1. The van der Waals surface area contributed by atoms with Gasteiger partial charge in [-0.25, -0.2) is 0 Å². The number of amides is 1. The Bertz CT molecular complexity index is 452. The largest absolute Gasteiger partial charge is 0.351 e. The molecule has 1 aliphatic carbocycles. The Morgan fingerprint density at radius 2 is 2.05 bits per heavy atom. The van der Waals surface area contributed by atoms with Crippen molar-refractivity contribution in [1.29, 1.82) is 0 Å². The first-order valence-corrected chi connectivity index (χ1v) is 7.92. The summed E-state index contributed by atoms with van der Waals surface area (Å²) in [6.07, 6.45) is 5.27. The third-order valence-electron chi connectivity index (χ3n) is 4.09. The molecule has 1 aromatic rings. The Labute approximate surface area is 118 Å². The Hall–Kier alpha value is -1.00. The van der Waals surface area contributed by atoms with Gasteiger partial charge in [-0.3, -0.25) is 4.79 Å². The fraction of sp³-hybridized carbons (Fsp3) is 0.533. The first-order chi connectivity index (χ1) is 9.24. The van der Waals surface area contributed by atoms with Crippen LogP contribution < -0.4 is 11.1 Å². The summed E-state index contributed by atoms with van der Waals surface area (Å²) in [5.41, 5.74) is 7.38. The van der Waals surface area contributed by atoms with Crippen LogP contribution in [0.2, 0.25) is 0 Å². The van der Waals surface area contributed by atoms with Gasteiger partial charge in [0.05, 0.1) is 5.25 Å². The van der Waals surface area contributed by atoms with Gasteiger partial charge in [-0.15, -0.1) is 11.8 Å². The molecule has 3 rings (SSSR count). The third-order valence-corrected chi connectivity index (χ3v) is 5.40. The Morgan fingerprint density at radius 3 is 2.84 bits per heavy atom. The fourth-order valence-corrected chi connectivity index (χ4v) is 4.15. The van der Waals surface area contributed by atoms with Crippen LogP contribution in [-0.2, 0) is 11.2 Å². The Kier molecular flexibility index (Phi) is 3.80. The average molecular weight is 276 g/mol. The molecule has 3 atom stereocenters. The third kappa shape index (κ3) is 2.79. The van der Waals surface area contributed by atoms with E-state index in [1.807, 2.05) is 12.1 Å². The van der Waals surface area contributed by atoms with Crippen molar-refractivity contribution in [2.24, 2.45) is 5.73 Å². The van der Waals surface area contributed by atoms with Crippen LogP contribution in [0.1, 0.15) is 31.2 Å². The summed E-state index contributed by atoms with van der Waals surface area (Å²) in [4.78, 5) is 13.6. The van der Waals surface area contributed by atoms with Crippen LogP contribution >= 0.6 is 11.8 Å². The molecule has 1 fully saturated rings. The lowest BCUT2D eigenvalue weighted by Crippen LogP contribution is -2.51. The van der Waals surface area contributed by atoms with Crippen molar-refractivity contribution in [3.05, 3.63) is 29.8 Å². The second-order valence-electron chi connectivity index (χ2n) is 5.48. The summed E-state index contributed by atoms with van der Waals surface area (Å²) < 4.78 is 0. The van der Waals surface area contributed by atoms with Crippen LogP contribution in [0.3, 0.4) is 0 Å². The smallest absolute Gasteiger partial charge is 0.234 e. The molecule has 0 spiro atoms. The quantitative estimate of drug-likeness (QED) is 0.869. The minimum absolute atomic E-state index is 0.0199. The van der Waals surface area contributed by atoms with E-state index in [1.54, 1.807) is 11.8 Å². The predicted octanol–water partition coefficient (Wildman–Crippen LogP) is 2.09. The molecular weight excluding hydrogens is 256 g/mol. The molecule has 4 heteroatoms. The summed E-state index contributed by atoms with van der Waals surface area (Å²) in [5, 5.41) is 3.18. The summed E-state index contributed by atoms with van der Waals surface area (Å²) in [7, 11) is 0. The highest BCUT2D eigenvalue weighted by Crippen LogP contribution is 2.36. The summed E-state index contributed by atoms with van der Waals surface area (Å²) >= 11 is 1.68. The molecule has 1 aromatic carbocycles. The molecule has 0 aromatic heterocycles. The monoisotopic (exact) mass is 276 g/mol. The number of rotatable bonds is 2. The van der Waals surface area contributed by atoms with Crippen molar-refractivity contribution in [3.8, 4) is 0 Å². The van der Waals surface area contributed by atoms with E-state index in [0.29, 0.717) is 0 Å². The molecule has 1 saturated carbocycles. The first kappa shape index (κ1) is 13.0. The van der Waals surface area contributed by atoms with E-state index in [1.165, 1.54) is 23.3 Å². The van der Waals surface area contributed by atoms with E-state index in [2.05, 4.69) is 17.4 Å². The van der Waals surface area contributed by atoms with Gasteiger partial charge < -0.3 is 11.1 Å². The van der Waals surface area contributed by atoms with Gasteiger partial charge in [0.2, 0.25) is 5.91 Å². The van der Waals surface area contributed by atoms with Crippen LogP contribution in [0.4, 0.5) is 0 Å². The van der Waals surface area contributed by atoms with Gasteiger partial charge >= 0.3 is 0 Å². The van der Waals surface area contributed by atoms with Crippen LogP contribution in [0, 0.1) is 0 Å². The van der Waals surface area contributed by atoms with Crippen molar-refractivity contribution in [1.82, 2.24) is 5.32 Å². The van der Waals surface area contributed by atoms with E-state index in [9.17, 15) is 4.79 Å². The normalized spacial score (nSPS) is 29.8. The highest BCUT2D eigenvalue weighted by Gasteiger charge is 2.31. The molecule has 1 aliphatic heterocycles. The number of hydrogen-bond donors (Lipinski definition) is 2. The lowest BCUT2D eigenvalue weighted by molar-refractivity contribution is -0.121. The van der Waals surface area contributed by atoms with E-state index in [0.717, 1.165) is 19.3 Å². The highest BCUT2D eigenvalue weighted by molar-refractivity contribution is 8.01. The number of nitrogens with two attached hydrogens (primary N) is 1. The van der Waals surface area contributed by atoms with Gasteiger partial charge in [-0.1, -0.05) is 31.0 Å². The fourth-order valence-electron chi connectivity index (χ4n) is 2.94. The number of hydrogen-bond acceptors (Lipinski definition) is 3. The van der Waals surface area contributed by atoms with E-state index in [-0.39, 0.29) is 23.2 Å². The van der Waals surface area contributed by atoms with E-state index >= 15 is 0 Å². The second-order valence-corrected chi connectivity index (χ2v) is 6.73. The maximum Gasteiger partial charge on any atom is 0.234 e. The van der Waals surface area contributed by atoms with Crippen molar-refractivity contribution in [2.45, 2.75) is 54.3 Å². The van der Waals surface area contributed by atoms with Gasteiger partial charge in [-0.2, -0.15) is 0 Å². The zero-order chi connectivity index (χ0) is 13.2. The zero-order valence-electron chi connectivity index (χ0n) is 11.0. The summed E-state index contributed by atoms with van der Waals surface area (Å²) in [5.74, 6) is 0.156. The summed E-state index contributed by atoms with van der Waals surface area (Å²) in [6.45, 7) is 0. The van der Waals surface area contributed by atoms with E-state index in [4.69, 9.17) is 5.73 Å². The SMILES string of the molecule is NC1CCCCC1NC(=O)C1Cc2ccccc2S1. The number of fused-ring (bicyclic) bond motifs is 1. The number of benzene rings is 1. The van der Waals surface area contributed by atoms with Crippen LogP contribution in [-0.4, -0.2) is 23.2 Å². The molecule has 3 N–H and O–H groups in total. The molecule has 19 heavy (non-hydrogen) atoms. The minimum atomic E-state index is 0.0199. The predicted molar refractivity (Wildman–Crippen MR) is 78.2 cm³/mol. The Morgan fingerprint density at radius 1 is 1.26 bits per heavy atom. The van der Waals surface area contributed by atoms with Crippen LogP contribution in [0.5, 0.6) is 0 Å². The van der Waals surface area contributed by atoms with Crippen LogP contribution in [0.15, 0.2) is 29.2 Å². The number of carbonyl (C=O) groups is 1. The lowest BCUT2D eigenvalue weighted by Gasteiger charge is -2.30. The average Bonchev–Trinajstić information content (AvgIpc) is 2.85. The topological polar surface area (TPSA) is 55.1 Å². The maximum absolute atomic E-state index is 12.3. The van der Waals surface area contributed by atoms with Gasteiger partial charge in [0.1, 0.15) is 0 Å². The molecule has 1 amide bonds. The van der Waals surface area contributed by atoms with Gasteiger partial charge in [0.25, 0.3) is 0 Å². The molecule has 2 aliphatic rings. The van der Waals surface area contributed by atoms with Gasteiger partial charge in [0, 0.05) is 17.0 Å². The molecule has 102 valence electrons. The Balaban J connectivity index is 1.60. The maximum atomic E-state index is 12.3. The van der Waals surface area contributed by atoms with Crippen molar-refractivity contribution >= 4 is 17.7 Å². The van der Waals surface area contributed by atoms with Crippen molar-refractivity contribution < 1.29 is 4.79 Å². The number of thioether (sulfide) groups is 1. The van der Waals surface area contributed by atoms with Crippen molar-refractivity contribution in [3.63, 3.8) is 0 Å². The van der Waals surface area contributed by atoms with E-state index < -0.39 is 0 Å². The zero-order valence-corrected chi connectivity index (χ0v) is 11.8.